The number of benzene rings is 2. The lowest BCUT2D eigenvalue weighted by atomic mass is 9.79. The van der Waals surface area contributed by atoms with Crippen LogP contribution in [0.3, 0.4) is 0 Å². The van der Waals surface area contributed by atoms with Crippen LogP contribution in [-0.2, 0) is 19.7 Å². The van der Waals surface area contributed by atoms with E-state index in [9.17, 15) is 9.59 Å². The summed E-state index contributed by atoms with van der Waals surface area (Å²) in [5.74, 6) is -0.682. The number of nitrogens with zero attached hydrogens (tertiary/aromatic N) is 2. The molecule has 26 heavy (non-hydrogen) atoms. The lowest BCUT2D eigenvalue weighted by Crippen LogP contribution is -2.41. The van der Waals surface area contributed by atoms with Gasteiger partial charge in [-0.2, -0.15) is 0 Å². The van der Waals surface area contributed by atoms with Crippen molar-refractivity contribution in [1.29, 1.82) is 0 Å². The molecule has 0 aliphatic carbocycles. The minimum absolute atomic E-state index is 0.494. The first-order chi connectivity index (χ1) is 12.6. The van der Waals surface area contributed by atoms with E-state index in [1.54, 1.807) is 0 Å². The summed E-state index contributed by atoms with van der Waals surface area (Å²) in [7, 11) is 1.25. The summed E-state index contributed by atoms with van der Waals surface area (Å²) < 4.78 is 4.86. The van der Waals surface area contributed by atoms with E-state index in [0.29, 0.717) is 17.5 Å². The minimum Gasteiger partial charge on any atom is -0.468 e. The van der Waals surface area contributed by atoms with E-state index < -0.39 is 11.4 Å². The number of methoxy groups -OCH3 is 1. The van der Waals surface area contributed by atoms with Crippen molar-refractivity contribution in [2.45, 2.75) is 12.3 Å². The minimum atomic E-state index is -1.59. The Morgan fingerprint density at radius 1 is 1.12 bits per heavy atom. The van der Waals surface area contributed by atoms with Gasteiger partial charge < -0.3 is 9.53 Å². The highest BCUT2D eigenvalue weighted by molar-refractivity contribution is 6.19. The van der Waals surface area contributed by atoms with Crippen molar-refractivity contribution < 1.29 is 14.3 Å². The predicted octanol–water partition coefficient (Wildman–Crippen LogP) is 3.52. The lowest BCUT2D eigenvalue weighted by Gasteiger charge is -2.24. The number of aryl methyl sites for hydroxylation is 1. The third kappa shape index (κ3) is 3.11. The van der Waals surface area contributed by atoms with Gasteiger partial charge in [0.15, 0.2) is 5.41 Å². The van der Waals surface area contributed by atoms with Crippen LogP contribution < -0.4 is 0 Å². The zero-order valence-corrected chi connectivity index (χ0v) is 14.5. The average Bonchev–Trinajstić information content (AvgIpc) is 2.87. The number of rotatable bonds is 4. The topological polar surface area (TPSA) is 68.1 Å². The van der Waals surface area contributed by atoms with Gasteiger partial charge >= 0.3 is 5.97 Å². The number of aldehydes is 1. The molecule has 1 aliphatic heterocycles. The molecule has 1 atom stereocenters. The van der Waals surface area contributed by atoms with E-state index in [2.05, 4.69) is 9.98 Å². The summed E-state index contributed by atoms with van der Waals surface area (Å²) in [6, 6.07) is 13.7. The maximum Gasteiger partial charge on any atom is 0.329 e. The molecule has 5 heteroatoms. The second-order valence-corrected chi connectivity index (χ2v) is 5.98. The summed E-state index contributed by atoms with van der Waals surface area (Å²) in [6.45, 7) is 1.84. The van der Waals surface area contributed by atoms with Gasteiger partial charge in [0.05, 0.1) is 12.8 Å². The third-order valence-corrected chi connectivity index (χ3v) is 4.27. The number of ether oxygens (including phenoxy) is 1. The summed E-state index contributed by atoms with van der Waals surface area (Å²) in [5.41, 5.74) is 2.17. The van der Waals surface area contributed by atoms with Crippen molar-refractivity contribution in [3.8, 4) is 0 Å². The fraction of sp³-hybridized carbons (Fsp3) is 0.143. The highest BCUT2D eigenvalue weighted by Gasteiger charge is 2.43. The Hall–Kier alpha value is -3.34. The lowest BCUT2D eigenvalue weighted by molar-refractivity contribution is -0.146. The van der Waals surface area contributed by atoms with E-state index in [-0.39, 0.29) is 0 Å². The van der Waals surface area contributed by atoms with Gasteiger partial charge in [-0.15, -0.1) is 0 Å². The van der Waals surface area contributed by atoms with Crippen LogP contribution in [0.25, 0.3) is 12.2 Å². The zero-order chi connectivity index (χ0) is 18.6. The number of carbonyl (C=O) groups excluding carboxylic acids is 2. The third-order valence-electron chi connectivity index (χ3n) is 4.27. The van der Waals surface area contributed by atoms with Crippen LogP contribution in [0.15, 0.2) is 52.4 Å². The summed E-state index contributed by atoms with van der Waals surface area (Å²) in [4.78, 5) is 32.5. The maximum atomic E-state index is 12.4. The molecule has 1 unspecified atom stereocenters. The normalized spacial score (nSPS) is 18.4. The molecule has 0 aromatic heterocycles. The summed E-state index contributed by atoms with van der Waals surface area (Å²) >= 11 is 0. The summed E-state index contributed by atoms with van der Waals surface area (Å²) in [6.07, 6.45) is 7.13. The van der Waals surface area contributed by atoms with E-state index in [1.165, 1.54) is 19.7 Å². The number of esters is 1. The van der Waals surface area contributed by atoms with Gasteiger partial charge in [-0.1, -0.05) is 48.6 Å². The fourth-order valence-electron chi connectivity index (χ4n) is 3.06. The van der Waals surface area contributed by atoms with E-state index in [4.69, 9.17) is 4.74 Å². The van der Waals surface area contributed by atoms with Crippen LogP contribution in [0, 0.1) is 6.92 Å². The molecule has 130 valence electrons. The highest BCUT2D eigenvalue weighted by atomic mass is 16.5. The Kier molecular flexibility index (Phi) is 4.89. The largest absolute Gasteiger partial charge is 0.468 e. The molecule has 0 N–H and O–H groups in total. The van der Waals surface area contributed by atoms with Gasteiger partial charge in [0, 0.05) is 11.8 Å². The molecular formula is C21H18N2O3. The molecule has 0 fully saturated rings. The first kappa shape index (κ1) is 17.5. The van der Waals surface area contributed by atoms with Crippen LogP contribution >= 0.6 is 0 Å². The molecule has 1 aliphatic rings. The number of carbonyl (C=O) groups is 2. The van der Waals surface area contributed by atoms with Gasteiger partial charge in [-0.3, -0.25) is 4.79 Å². The number of hydrogen-bond donors (Lipinski definition) is 0. The molecule has 2 aromatic rings. The van der Waals surface area contributed by atoms with Crippen molar-refractivity contribution in [3.05, 3.63) is 64.7 Å². The van der Waals surface area contributed by atoms with Gasteiger partial charge in [-0.05, 0) is 29.7 Å². The Morgan fingerprint density at radius 3 is 2.54 bits per heavy atom. The smallest absolute Gasteiger partial charge is 0.329 e. The molecule has 0 saturated heterocycles. The van der Waals surface area contributed by atoms with E-state index in [1.807, 2.05) is 61.5 Å². The van der Waals surface area contributed by atoms with Gasteiger partial charge in [-0.25, -0.2) is 9.98 Å². The number of hydrogen-bond acceptors (Lipinski definition) is 5. The fourth-order valence-corrected chi connectivity index (χ4v) is 3.06. The first-order valence-corrected chi connectivity index (χ1v) is 8.10. The first-order valence-electron chi connectivity index (χ1n) is 8.10. The van der Waals surface area contributed by atoms with Crippen molar-refractivity contribution in [3.63, 3.8) is 0 Å². The second kappa shape index (κ2) is 7.27. The Labute approximate surface area is 151 Å². The molecule has 0 saturated carbocycles. The summed E-state index contributed by atoms with van der Waals surface area (Å²) in [5, 5.41) is 0. The quantitative estimate of drug-likeness (QED) is 0.368. The van der Waals surface area contributed by atoms with Crippen molar-refractivity contribution >= 4 is 42.6 Å². The Morgan fingerprint density at radius 2 is 1.85 bits per heavy atom. The van der Waals surface area contributed by atoms with Gasteiger partial charge in [0.25, 0.3) is 0 Å². The SMILES string of the molecule is COC(=O)C1(C=O)C=NC=Nc2cc(/C=C/c3ccccc3)cc(C)c21. The van der Waals surface area contributed by atoms with E-state index >= 15 is 0 Å². The van der Waals surface area contributed by atoms with E-state index in [0.717, 1.165) is 16.7 Å². The zero-order valence-electron chi connectivity index (χ0n) is 14.5. The van der Waals surface area contributed by atoms with Crippen LogP contribution in [0.1, 0.15) is 22.3 Å². The molecule has 0 radical (unpaired) electrons. The molecule has 1 heterocycles. The Bertz CT molecular complexity index is 930. The van der Waals surface area contributed by atoms with Crippen LogP contribution in [0.5, 0.6) is 0 Å². The maximum absolute atomic E-state index is 12.4. The standard InChI is InChI=1S/C21H18N2O3/c1-15-10-17(9-8-16-6-4-3-5-7-16)11-18-19(15)21(13-24,20(25)26-2)12-22-14-23-18/h3-14H,1-2H3/b9-8+. The van der Waals surface area contributed by atoms with Crippen LogP contribution in [0.4, 0.5) is 5.69 Å². The molecule has 0 amide bonds. The molecule has 0 spiro atoms. The molecule has 2 aromatic carbocycles. The van der Waals surface area contributed by atoms with Crippen molar-refractivity contribution in [2.24, 2.45) is 9.98 Å². The molecule has 0 bridgehead atoms. The number of aliphatic imine (C=N–C) groups is 2. The highest BCUT2D eigenvalue weighted by Crippen LogP contribution is 2.36. The van der Waals surface area contributed by atoms with Crippen molar-refractivity contribution in [2.75, 3.05) is 7.11 Å². The van der Waals surface area contributed by atoms with Gasteiger partial charge in [0.1, 0.15) is 12.6 Å². The van der Waals surface area contributed by atoms with Crippen LogP contribution in [0.2, 0.25) is 0 Å². The molecule has 5 nitrogen and oxygen atoms in total. The molecular weight excluding hydrogens is 328 g/mol. The molecule has 3 rings (SSSR count). The van der Waals surface area contributed by atoms with Gasteiger partial charge in [0.2, 0.25) is 0 Å². The Balaban J connectivity index is 2.10. The van der Waals surface area contributed by atoms with Crippen LogP contribution in [-0.4, -0.2) is 31.9 Å². The number of fused-ring (bicyclic) bond motifs is 1. The average molecular weight is 346 g/mol. The monoisotopic (exact) mass is 346 g/mol. The van der Waals surface area contributed by atoms with Crippen molar-refractivity contribution in [1.82, 2.24) is 0 Å². The predicted molar refractivity (Wildman–Crippen MR) is 103 cm³/mol. The second-order valence-electron chi connectivity index (χ2n) is 5.98.